The van der Waals surface area contributed by atoms with Gasteiger partial charge in [-0.2, -0.15) is 10.3 Å². The predicted molar refractivity (Wildman–Crippen MR) is 191 cm³/mol. The second-order valence-corrected chi connectivity index (χ2v) is 13.6. The summed E-state index contributed by atoms with van der Waals surface area (Å²) in [7, 11) is 4.69. The largest absolute Gasteiger partial charge is 0.497 e. The number of aromatic nitrogens is 1. The van der Waals surface area contributed by atoms with Gasteiger partial charge in [0.1, 0.15) is 30.6 Å². The minimum Gasteiger partial charge on any atom is -0.497 e. The summed E-state index contributed by atoms with van der Waals surface area (Å²) in [5, 5.41) is 15.5. The number of hydrogen-bond acceptors (Lipinski definition) is 12. The van der Waals surface area contributed by atoms with Crippen molar-refractivity contribution in [3.8, 4) is 17.6 Å². The Morgan fingerprint density at radius 3 is 2.44 bits per heavy atom. The molecule has 1 aromatic heterocycles. The quantitative estimate of drug-likeness (QED) is 0.202. The average Bonchev–Trinajstić information content (AvgIpc) is 3.64. The molecule has 270 valence electrons. The molecule has 5 N–H and O–H groups in total. The van der Waals surface area contributed by atoms with E-state index in [0.29, 0.717) is 27.7 Å². The normalized spacial score (nSPS) is 18.6. The fraction of sp³-hybridized carbons (Fsp3) is 0.314. The summed E-state index contributed by atoms with van der Waals surface area (Å²) in [5.41, 5.74) is 16.0. The molecule has 16 nitrogen and oxygen atoms in total. The van der Waals surface area contributed by atoms with Crippen molar-refractivity contribution in [1.82, 2.24) is 35.0 Å². The molecular formula is C35H38N10O6S. The summed E-state index contributed by atoms with van der Waals surface area (Å²) in [6.07, 6.45) is -0.487. The van der Waals surface area contributed by atoms with E-state index in [1.165, 1.54) is 26.1 Å². The van der Waals surface area contributed by atoms with Crippen LogP contribution in [0.4, 0.5) is 14.7 Å². The Labute approximate surface area is 303 Å². The molecule has 2 aliphatic heterocycles. The molecule has 3 heterocycles. The number of carbonyl (C=O) groups is 4. The first kappa shape index (κ1) is 35.9. The number of methoxy groups -OCH3 is 1. The number of nitrogens with one attached hydrogen (secondary N) is 1. The number of benzene rings is 3. The van der Waals surface area contributed by atoms with Crippen LogP contribution in [0.25, 0.3) is 10.2 Å². The third-order valence-corrected chi connectivity index (χ3v) is 9.75. The van der Waals surface area contributed by atoms with Crippen LogP contribution in [-0.2, 0) is 29.1 Å². The van der Waals surface area contributed by atoms with Crippen LogP contribution in [0, 0.1) is 11.3 Å². The van der Waals surface area contributed by atoms with Gasteiger partial charge in [0.05, 0.1) is 29.9 Å². The minimum atomic E-state index is -1.72. The van der Waals surface area contributed by atoms with Crippen LogP contribution in [0.5, 0.6) is 11.5 Å². The highest BCUT2D eigenvalue weighted by molar-refractivity contribution is 7.22. The van der Waals surface area contributed by atoms with E-state index in [9.17, 15) is 24.4 Å². The summed E-state index contributed by atoms with van der Waals surface area (Å²) in [4.78, 5) is 62.8. The number of urea groups is 1. The number of carbonyl (C=O) groups excluding carboxylic acids is 4. The zero-order valence-electron chi connectivity index (χ0n) is 28.8. The van der Waals surface area contributed by atoms with Crippen molar-refractivity contribution < 1.29 is 28.7 Å². The lowest BCUT2D eigenvalue weighted by Gasteiger charge is -2.52. The van der Waals surface area contributed by atoms with Crippen molar-refractivity contribution in [3.63, 3.8) is 0 Å². The molecular weight excluding hydrogens is 689 g/mol. The molecule has 2 fully saturated rings. The monoisotopic (exact) mass is 726 g/mol. The molecule has 52 heavy (non-hydrogen) atoms. The Hall–Kier alpha value is -5.96. The van der Waals surface area contributed by atoms with Crippen LogP contribution in [0.15, 0.2) is 66.7 Å². The number of ether oxygens (including phenoxy) is 2. The standard InChI is InChI=1S/C35H38N10O6S/c1-41(2)34(49)51-26-13-7-22(8-14-26)17-27-31(47)42(19-24-5-4-6-28-30(24)40-32(37)52-28)21-35(38)44(20-29(46)45(27)35)43(16-15-36)33(48)39-18-23-9-11-25(50-3)12-10-23/h4-14,27H,16-21,38H2,1-3H3,(H2,37,40)(H,39,48)/t27-,35-/m0/s1. The van der Waals surface area contributed by atoms with Crippen LogP contribution < -0.4 is 26.3 Å². The highest BCUT2D eigenvalue weighted by atomic mass is 32.1. The smallest absolute Gasteiger partial charge is 0.414 e. The number of anilines is 1. The van der Waals surface area contributed by atoms with Gasteiger partial charge < -0.3 is 30.3 Å². The number of para-hydroxylation sites is 1. The Kier molecular flexibility index (Phi) is 10.1. The first-order valence-corrected chi connectivity index (χ1v) is 17.1. The summed E-state index contributed by atoms with van der Waals surface area (Å²) in [5.74, 6) is -1.61. The van der Waals surface area contributed by atoms with Crippen LogP contribution in [0.1, 0.15) is 16.7 Å². The first-order chi connectivity index (χ1) is 24.9. The summed E-state index contributed by atoms with van der Waals surface area (Å²) in [6, 6.07) is 19.6. The lowest BCUT2D eigenvalue weighted by Crippen LogP contribution is -2.77. The Morgan fingerprint density at radius 2 is 1.77 bits per heavy atom. The van der Waals surface area contributed by atoms with Crippen LogP contribution >= 0.6 is 11.3 Å². The Morgan fingerprint density at radius 1 is 1.08 bits per heavy atom. The molecule has 2 saturated heterocycles. The third kappa shape index (κ3) is 7.12. The topological polar surface area (TPSA) is 204 Å². The van der Waals surface area contributed by atoms with E-state index in [1.54, 1.807) is 74.6 Å². The van der Waals surface area contributed by atoms with Crippen molar-refractivity contribution in [2.45, 2.75) is 31.3 Å². The van der Waals surface area contributed by atoms with E-state index in [1.807, 2.05) is 24.3 Å². The summed E-state index contributed by atoms with van der Waals surface area (Å²) >= 11 is 1.33. The van der Waals surface area contributed by atoms with Gasteiger partial charge in [0.15, 0.2) is 10.9 Å². The van der Waals surface area contributed by atoms with Gasteiger partial charge in [-0.05, 0) is 47.0 Å². The second-order valence-electron chi connectivity index (χ2n) is 12.6. The molecule has 0 spiro atoms. The fourth-order valence-electron chi connectivity index (χ4n) is 6.38. The Balaban J connectivity index is 1.32. The highest BCUT2D eigenvalue weighted by Crippen LogP contribution is 2.36. The van der Waals surface area contributed by atoms with Gasteiger partial charge in [-0.25, -0.2) is 19.6 Å². The van der Waals surface area contributed by atoms with E-state index in [-0.39, 0.29) is 38.5 Å². The number of amides is 5. The van der Waals surface area contributed by atoms with Crippen molar-refractivity contribution in [1.29, 1.82) is 5.26 Å². The zero-order valence-corrected chi connectivity index (χ0v) is 29.6. The van der Waals surface area contributed by atoms with Gasteiger partial charge in [0.2, 0.25) is 11.8 Å². The van der Waals surface area contributed by atoms with Gasteiger partial charge >= 0.3 is 12.1 Å². The molecule has 3 aromatic carbocycles. The SMILES string of the molecule is COc1ccc(CNC(=O)N(CC#N)N2CC(=O)N3[C@@H](Cc4ccc(OC(=O)N(C)C)cc4)C(=O)N(Cc4cccc5sc(N)nc45)C[C@@]32N)cc1. The summed E-state index contributed by atoms with van der Waals surface area (Å²) in [6.45, 7) is -0.744. The number of hydrogen-bond donors (Lipinski definition) is 3. The Bertz CT molecular complexity index is 2030. The van der Waals surface area contributed by atoms with Crippen molar-refractivity contribution in [2.24, 2.45) is 5.73 Å². The van der Waals surface area contributed by atoms with Gasteiger partial charge in [-0.1, -0.05) is 47.7 Å². The van der Waals surface area contributed by atoms with Gasteiger partial charge in [0, 0.05) is 33.6 Å². The first-order valence-electron chi connectivity index (χ1n) is 16.3. The van der Waals surface area contributed by atoms with Crippen LogP contribution in [0.3, 0.4) is 0 Å². The number of thiazole rings is 1. The zero-order chi connectivity index (χ0) is 37.2. The lowest BCUT2D eigenvalue weighted by molar-refractivity contribution is -0.176. The molecule has 0 saturated carbocycles. The van der Waals surface area contributed by atoms with Crippen LogP contribution in [0.2, 0.25) is 0 Å². The maximum atomic E-state index is 14.4. The number of hydrazine groups is 1. The molecule has 4 aromatic rings. The molecule has 17 heteroatoms. The number of fused-ring (bicyclic) bond motifs is 2. The number of nitrogens with two attached hydrogens (primary N) is 2. The number of nitriles is 1. The van der Waals surface area contributed by atoms with Gasteiger partial charge in [-0.15, -0.1) is 0 Å². The highest BCUT2D eigenvalue weighted by Gasteiger charge is 2.60. The van der Waals surface area contributed by atoms with E-state index >= 15 is 0 Å². The molecule has 5 amide bonds. The van der Waals surface area contributed by atoms with E-state index < -0.39 is 36.4 Å². The van der Waals surface area contributed by atoms with Crippen molar-refractivity contribution in [3.05, 3.63) is 83.4 Å². The van der Waals surface area contributed by atoms with E-state index in [0.717, 1.165) is 20.8 Å². The molecule has 0 unspecified atom stereocenters. The predicted octanol–water partition coefficient (Wildman–Crippen LogP) is 2.31. The maximum absolute atomic E-state index is 14.4. The number of rotatable bonds is 10. The molecule has 2 aliphatic rings. The molecule has 0 aliphatic carbocycles. The van der Waals surface area contributed by atoms with Crippen LogP contribution in [-0.4, -0.2) is 106 Å². The molecule has 2 atom stereocenters. The molecule has 0 radical (unpaired) electrons. The van der Waals surface area contributed by atoms with Crippen molar-refractivity contribution in [2.75, 3.05) is 46.6 Å². The van der Waals surface area contributed by atoms with E-state index in [4.69, 9.17) is 20.9 Å². The molecule has 6 rings (SSSR count). The number of nitrogens with zero attached hydrogens (tertiary/aromatic N) is 7. The third-order valence-electron chi connectivity index (χ3n) is 8.90. The van der Waals surface area contributed by atoms with Gasteiger partial charge in [0.25, 0.3) is 0 Å². The summed E-state index contributed by atoms with van der Waals surface area (Å²) < 4.78 is 11.4. The van der Waals surface area contributed by atoms with Gasteiger partial charge in [-0.3, -0.25) is 20.2 Å². The minimum absolute atomic E-state index is 0.0610. The fourth-order valence-corrected chi connectivity index (χ4v) is 7.16. The average molecular weight is 727 g/mol. The van der Waals surface area contributed by atoms with E-state index in [2.05, 4.69) is 10.3 Å². The second kappa shape index (κ2) is 14.7. The number of piperazine rings is 1. The maximum Gasteiger partial charge on any atom is 0.414 e. The lowest BCUT2D eigenvalue weighted by atomic mass is 9.98. The number of nitrogen functional groups attached to an aromatic ring is 1. The van der Waals surface area contributed by atoms with Crippen molar-refractivity contribution >= 4 is 50.6 Å². The molecule has 0 bridgehead atoms.